The number of amides is 2. The summed E-state index contributed by atoms with van der Waals surface area (Å²) in [6, 6.07) is 6.98. The Kier molecular flexibility index (Phi) is 6.11. The minimum atomic E-state index is -2.92. The summed E-state index contributed by atoms with van der Waals surface area (Å²) in [5, 5.41) is 13.4. The number of aryl methyl sites for hydroxylation is 1. The number of aliphatic hydroxyl groups excluding tert-OH is 1. The summed E-state index contributed by atoms with van der Waals surface area (Å²) >= 11 is 0.957. The SMILES string of the molecule is Cc1cc(F)ccc1C1=CCN(C2N=CN(Cc3ccc(C(C)(F)F)s3)C(=O)N2)C[C@@H]1O. The molecule has 0 bridgehead atoms. The van der Waals surface area contributed by atoms with Crippen molar-refractivity contribution in [2.75, 3.05) is 13.1 Å². The third-order valence-electron chi connectivity index (χ3n) is 5.44. The number of aliphatic hydroxyl groups is 1. The monoisotopic (exact) mass is 464 g/mol. The Morgan fingerprint density at radius 3 is 2.72 bits per heavy atom. The highest BCUT2D eigenvalue weighted by atomic mass is 32.1. The van der Waals surface area contributed by atoms with Crippen LogP contribution in [0.15, 0.2) is 41.4 Å². The standard InChI is InChI=1S/C22H23F3N4O2S/c1-13-9-14(23)3-5-16(13)17-7-8-28(11-18(17)30)20-26-12-29(21(31)27-20)10-15-4-6-19(32-15)22(2,24)25/h3-7,9,12,18,20,30H,8,10-11H2,1-2H3,(H,27,31)/t18-,20?/m0/s1. The van der Waals surface area contributed by atoms with Crippen LogP contribution < -0.4 is 5.32 Å². The van der Waals surface area contributed by atoms with Crippen molar-refractivity contribution in [2.24, 2.45) is 4.99 Å². The van der Waals surface area contributed by atoms with Gasteiger partial charge >= 0.3 is 6.03 Å². The summed E-state index contributed by atoms with van der Waals surface area (Å²) < 4.78 is 40.3. The van der Waals surface area contributed by atoms with Crippen molar-refractivity contribution in [3.63, 3.8) is 0 Å². The molecular weight excluding hydrogens is 441 g/mol. The summed E-state index contributed by atoms with van der Waals surface area (Å²) in [6.07, 6.45) is 1.76. The molecule has 4 rings (SSSR count). The number of carbonyl (C=O) groups excluding carboxylic acids is 1. The van der Waals surface area contributed by atoms with Gasteiger partial charge in [0.1, 0.15) is 5.82 Å². The van der Waals surface area contributed by atoms with Gasteiger partial charge in [-0.15, -0.1) is 11.3 Å². The number of rotatable bonds is 5. The first-order chi connectivity index (χ1) is 15.1. The van der Waals surface area contributed by atoms with Crippen LogP contribution in [-0.4, -0.2) is 52.8 Å². The Balaban J connectivity index is 1.42. The van der Waals surface area contributed by atoms with Gasteiger partial charge in [-0.25, -0.2) is 23.0 Å². The first-order valence-electron chi connectivity index (χ1n) is 10.1. The molecule has 1 aromatic heterocycles. The van der Waals surface area contributed by atoms with E-state index in [1.165, 1.54) is 29.4 Å². The second-order valence-electron chi connectivity index (χ2n) is 7.96. The van der Waals surface area contributed by atoms with E-state index < -0.39 is 24.3 Å². The molecule has 0 radical (unpaired) electrons. The molecular formula is C22H23F3N4O2S. The first-order valence-corrected chi connectivity index (χ1v) is 10.9. The normalized spacial score (nSPS) is 22.1. The van der Waals surface area contributed by atoms with E-state index in [4.69, 9.17) is 0 Å². The van der Waals surface area contributed by atoms with Crippen molar-refractivity contribution >= 4 is 29.3 Å². The maximum absolute atomic E-state index is 13.4. The van der Waals surface area contributed by atoms with Crippen molar-refractivity contribution in [3.05, 3.63) is 63.1 Å². The third-order valence-corrected chi connectivity index (χ3v) is 6.68. The molecule has 6 nitrogen and oxygen atoms in total. The molecule has 0 aliphatic carbocycles. The van der Waals surface area contributed by atoms with Gasteiger partial charge in [-0.3, -0.25) is 9.80 Å². The summed E-state index contributed by atoms with van der Waals surface area (Å²) in [4.78, 5) is 20.6. The number of aliphatic imine (C=N–C) groups is 1. The van der Waals surface area contributed by atoms with E-state index >= 15 is 0 Å². The maximum Gasteiger partial charge on any atom is 0.325 e. The molecule has 1 aromatic carbocycles. The molecule has 2 aliphatic heterocycles. The molecule has 0 saturated heterocycles. The largest absolute Gasteiger partial charge is 0.387 e. The number of hydrogen-bond acceptors (Lipinski definition) is 5. The molecule has 2 N–H and O–H groups in total. The fraction of sp³-hybridized carbons (Fsp3) is 0.364. The third kappa shape index (κ3) is 4.72. The number of carbonyl (C=O) groups is 1. The van der Waals surface area contributed by atoms with E-state index in [-0.39, 0.29) is 23.8 Å². The average Bonchev–Trinajstić information content (AvgIpc) is 3.19. The van der Waals surface area contributed by atoms with Crippen LogP contribution in [0.5, 0.6) is 0 Å². The molecule has 32 heavy (non-hydrogen) atoms. The zero-order chi connectivity index (χ0) is 23.0. The van der Waals surface area contributed by atoms with Gasteiger partial charge in [0.05, 0.1) is 23.9 Å². The zero-order valence-corrected chi connectivity index (χ0v) is 18.4. The smallest absolute Gasteiger partial charge is 0.325 e. The van der Waals surface area contributed by atoms with Crippen molar-refractivity contribution in [3.8, 4) is 0 Å². The van der Waals surface area contributed by atoms with Crippen molar-refractivity contribution in [1.82, 2.24) is 15.1 Å². The Hall–Kier alpha value is -2.69. The van der Waals surface area contributed by atoms with E-state index in [1.54, 1.807) is 24.0 Å². The number of urea groups is 1. The molecule has 0 fully saturated rings. The molecule has 2 amide bonds. The molecule has 1 unspecified atom stereocenters. The maximum atomic E-state index is 13.4. The van der Waals surface area contributed by atoms with Crippen LogP contribution in [-0.2, 0) is 12.5 Å². The fourth-order valence-corrected chi connectivity index (χ4v) is 4.72. The topological polar surface area (TPSA) is 68.2 Å². The minimum Gasteiger partial charge on any atom is -0.387 e. The van der Waals surface area contributed by atoms with Crippen LogP contribution in [0.3, 0.4) is 0 Å². The van der Waals surface area contributed by atoms with E-state index in [1.807, 2.05) is 6.08 Å². The number of benzene rings is 1. The Morgan fingerprint density at radius 1 is 1.31 bits per heavy atom. The van der Waals surface area contributed by atoms with Gasteiger partial charge in [0, 0.05) is 24.9 Å². The fourth-order valence-electron chi connectivity index (χ4n) is 3.78. The average molecular weight is 465 g/mol. The van der Waals surface area contributed by atoms with Gasteiger partial charge in [0.25, 0.3) is 5.92 Å². The lowest BCUT2D eigenvalue weighted by Gasteiger charge is -2.37. The second-order valence-corrected chi connectivity index (χ2v) is 9.13. The number of hydrogen-bond donors (Lipinski definition) is 2. The number of alkyl halides is 2. The van der Waals surface area contributed by atoms with E-state index in [0.717, 1.165) is 29.4 Å². The molecule has 170 valence electrons. The van der Waals surface area contributed by atoms with Gasteiger partial charge < -0.3 is 10.4 Å². The van der Waals surface area contributed by atoms with Crippen LogP contribution in [0, 0.1) is 12.7 Å². The van der Waals surface area contributed by atoms with Gasteiger partial charge in [0.2, 0.25) is 0 Å². The highest BCUT2D eigenvalue weighted by molar-refractivity contribution is 7.12. The van der Waals surface area contributed by atoms with Gasteiger partial charge in [-0.1, -0.05) is 12.1 Å². The summed E-state index contributed by atoms with van der Waals surface area (Å²) in [5.74, 6) is -3.25. The lowest BCUT2D eigenvalue weighted by atomic mass is 9.93. The van der Waals surface area contributed by atoms with Crippen LogP contribution >= 0.6 is 11.3 Å². The van der Waals surface area contributed by atoms with Crippen LogP contribution in [0.1, 0.15) is 27.8 Å². The lowest BCUT2D eigenvalue weighted by molar-refractivity contribution is 0.0215. The molecule has 2 aromatic rings. The minimum absolute atomic E-state index is 0.0546. The van der Waals surface area contributed by atoms with Crippen LogP contribution in [0.4, 0.5) is 18.0 Å². The Morgan fingerprint density at radius 2 is 2.09 bits per heavy atom. The molecule has 0 saturated carbocycles. The second kappa shape index (κ2) is 8.68. The highest BCUT2D eigenvalue weighted by Gasteiger charge is 2.32. The summed E-state index contributed by atoms with van der Waals surface area (Å²) in [5.41, 5.74) is 2.24. The summed E-state index contributed by atoms with van der Waals surface area (Å²) in [7, 11) is 0. The Labute approximate surface area is 187 Å². The van der Waals surface area contributed by atoms with Gasteiger partial charge in [-0.2, -0.15) is 0 Å². The summed E-state index contributed by atoms with van der Waals surface area (Å²) in [6.45, 7) is 3.44. The number of nitrogens with zero attached hydrogens (tertiary/aromatic N) is 3. The molecule has 3 heterocycles. The Bertz CT molecular complexity index is 1080. The molecule has 10 heteroatoms. The predicted octanol–water partition coefficient (Wildman–Crippen LogP) is 3.90. The highest BCUT2D eigenvalue weighted by Crippen LogP contribution is 2.33. The van der Waals surface area contributed by atoms with E-state index in [9.17, 15) is 23.1 Å². The van der Waals surface area contributed by atoms with Gasteiger partial charge in [0.15, 0.2) is 6.29 Å². The van der Waals surface area contributed by atoms with E-state index in [2.05, 4.69) is 10.3 Å². The quantitative estimate of drug-likeness (QED) is 0.705. The van der Waals surface area contributed by atoms with Crippen LogP contribution in [0.25, 0.3) is 5.57 Å². The number of halogens is 3. The lowest BCUT2D eigenvalue weighted by Crippen LogP contribution is -2.56. The molecule has 2 aliphatic rings. The molecule has 2 atom stereocenters. The predicted molar refractivity (Wildman–Crippen MR) is 117 cm³/mol. The van der Waals surface area contributed by atoms with E-state index in [0.29, 0.717) is 17.0 Å². The van der Waals surface area contributed by atoms with Crippen LogP contribution in [0.2, 0.25) is 0 Å². The van der Waals surface area contributed by atoms with Crippen molar-refractivity contribution in [2.45, 2.75) is 38.7 Å². The van der Waals surface area contributed by atoms with Gasteiger partial charge in [-0.05, 0) is 47.9 Å². The number of nitrogens with one attached hydrogen (secondary N) is 1. The van der Waals surface area contributed by atoms with Crippen molar-refractivity contribution in [1.29, 1.82) is 0 Å². The molecule has 0 spiro atoms. The van der Waals surface area contributed by atoms with Crippen molar-refractivity contribution < 1.29 is 23.1 Å². The number of β-amino-alcohol motifs (C(OH)–C–C–N with tert-alkyl or cyclic N) is 1. The first kappa shape index (κ1) is 22.5. The number of thiophene rings is 1. The zero-order valence-electron chi connectivity index (χ0n) is 17.6.